The summed E-state index contributed by atoms with van der Waals surface area (Å²) in [6.45, 7) is 5.69. The Bertz CT molecular complexity index is 349. The normalized spacial score (nSPS) is 12.9. The van der Waals surface area contributed by atoms with E-state index in [0.717, 1.165) is 10.3 Å². The van der Waals surface area contributed by atoms with Gasteiger partial charge in [-0.05, 0) is 30.5 Å². The molecule has 0 unspecified atom stereocenters. The first-order valence-corrected chi connectivity index (χ1v) is 6.11. The monoisotopic (exact) mass is 223 g/mol. The highest BCUT2D eigenvalue weighted by molar-refractivity contribution is 7.98. The van der Waals surface area contributed by atoms with Gasteiger partial charge in [-0.2, -0.15) is 0 Å². The van der Waals surface area contributed by atoms with Crippen molar-refractivity contribution in [3.05, 3.63) is 35.0 Å². The molecule has 1 aromatic rings. The lowest BCUT2D eigenvalue weighted by Crippen LogP contribution is -2.29. The van der Waals surface area contributed by atoms with E-state index in [1.165, 1.54) is 4.90 Å². The standard InChI is InChI=1S/C12H17NOS/c1-12(2,3)13(14)9-10-5-7-11(15-4)8-6-10/h5-9H,1-4H3/b13-9+. The minimum absolute atomic E-state index is 0.377. The number of nitrogens with zero attached hydrogens (tertiary/aromatic N) is 1. The second-order valence-corrected chi connectivity index (χ2v) is 5.28. The van der Waals surface area contributed by atoms with Crippen LogP contribution < -0.4 is 0 Å². The Morgan fingerprint density at radius 1 is 1.20 bits per heavy atom. The van der Waals surface area contributed by atoms with Crippen LogP contribution in [0, 0.1) is 5.21 Å². The van der Waals surface area contributed by atoms with Gasteiger partial charge in [0.15, 0.2) is 11.8 Å². The molecule has 15 heavy (non-hydrogen) atoms. The first-order valence-electron chi connectivity index (χ1n) is 4.89. The van der Waals surface area contributed by atoms with E-state index in [2.05, 4.69) is 0 Å². The number of hydrogen-bond acceptors (Lipinski definition) is 2. The molecule has 3 heteroatoms. The minimum atomic E-state index is -0.377. The topological polar surface area (TPSA) is 26.1 Å². The fraction of sp³-hybridized carbons (Fsp3) is 0.417. The summed E-state index contributed by atoms with van der Waals surface area (Å²) in [4.78, 5) is 1.21. The lowest BCUT2D eigenvalue weighted by molar-refractivity contribution is -0.530. The fourth-order valence-electron chi connectivity index (χ4n) is 1.02. The van der Waals surface area contributed by atoms with Crippen LogP contribution in [-0.2, 0) is 0 Å². The Hall–Kier alpha value is -0.960. The largest absolute Gasteiger partial charge is 0.623 e. The Balaban J connectivity index is 2.89. The van der Waals surface area contributed by atoms with Crippen molar-refractivity contribution >= 4 is 18.0 Å². The van der Waals surface area contributed by atoms with Gasteiger partial charge in [-0.1, -0.05) is 0 Å². The number of thioether (sulfide) groups is 1. The minimum Gasteiger partial charge on any atom is -0.623 e. The molecule has 0 aromatic heterocycles. The zero-order chi connectivity index (χ0) is 11.5. The van der Waals surface area contributed by atoms with E-state index in [9.17, 15) is 5.21 Å². The molecule has 0 fully saturated rings. The van der Waals surface area contributed by atoms with Crippen LogP contribution in [0.2, 0.25) is 0 Å². The molecule has 0 aliphatic carbocycles. The summed E-state index contributed by atoms with van der Waals surface area (Å²) in [5, 5.41) is 11.6. The average Bonchev–Trinajstić information content (AvgIpc) is 2.17. The molecular formula is C12H17NOS. The average molecular weight is 223 g/mol. The van der Waals surface area contributed by atoms with E-state index in [1.54, 1.807) is 18.0 Å². The summed E-state index contributed by atoms with van der Waals surface area (Å²) in [6, 6.07) is 7.96. The van der Waals surface area contributed by atoms with Crippen molar-refractivity contribution in [1.29, 1.82) is 0 Å². The van der Waals surface area contributed by atoms with Crippen molar-refractivity contribution in [3.8, 4) is 0 Å². The number of rotatable bonds is 2. The van der Waals surface area contributed by atoms with Crippen LogP contribution >= 0.6 is 11.8 Å². The molecule has 0 aliphatic rings. The molecule has 0 aliphatic heterocycles. The molecule has 1 aromatic carbocycles. The molecule has 0 heterocycles. The van der Waals surface area contributed by atoms with Crippen LogP contribution in [0.25, 0.3) is 0 Å². The summed E-state index contributed by atoms with van der Waals surface area (Å²) >= 11 is 1.70. The van der Waals surface area contributed by atoms with E-state index in [-0.39, 0.29) is 5.54 Å². The van der Waals surface area contributed by atoms with Crippen molar-refractivity contribution in [1.82, 2.24) is 0 Å². The van der Waals surface area contributed by atoms with Crippen molar-refractivity contribution in [3.63, 3.8) is 0 Å². The zero-order valence-electron chi connectivity index (χ0n) is 9.65. The highest BCUT2D eigenvalue weighted by Gasteiger charge is 2.17. The van der Waals surface area contributed by atoms with E-state index in [1.807, 2.05) is 51.3 Å². The fourth-order valence-corrected chi connectivity index (χ4v) is 1.43. The van der Waals surface area contributed by atoms with Crippen molar-refractivity contribution in [2.24, 2.45) is 0 Å². The van der Waals surface area contributed by atoms with Crippen molar-refractivity contribution in [2.45, 2.75) is 31.2 Å². The summed E-state index contributed by atoms with van der Waals surface area (Å²) in [6.07, 6.45) is 3.66. The predicted octanol–water partition coefficient (Wildman–Crippen LogP) is 3.14. The second kappa shape index (κ2) is 4.71. The number of hydrogen-bond donors (Lipinski definition) is 0. The van der Waals surface area contributed by atoms with Crippen LogP contribution in [-0.4, -0.2) is 22.7 Å². The highest BCUT2D eigenvalue weighted by Crippen LogP contribution is 2.14. The van der Waals surface area contributed by atoms with Crippen molar-refractivity contribution < 1.29 is 4.74 Å². The molecular weight excluding hydrogens is 206 g/mol. The van der Waals surface area contributed by atoms with Gasteiger partial charge in [-0.25, -0.2) is 4.74 Å². The van der Waals surface area contributed by atoms with Crippen LogP contribution in [0.3, 0.4) is 0 Å². The molecule has 0 radical (unpaired) electrons. The summed E-state index contributed by atoms with van der Waals surface area (Å²) < 4.78 is 0.987. The molecule has 0 saturated carbocycles. The van der Waals surface area contributed by atoms with Crippen LogP contribution in [0.5, 0.6) is 0 Å². The lowest BCUT2D eigenvalue weighted by atomic mass is 10.1. The second-order valence-electron chi connectivity index (χ2n) is 4.40. The number of benzene rings is 1. The third-order valence-corrected chi connectivity index (χ3v) is 2.79. The molecule has 0 amide bonds. The maximum atomic E-state index is 11.6. The van der Waals surface area contributed by atoms with Crippen LogP contribution in [0.15, 0.2) is 29.2 Å². The third-order valence-electron chi connectivity index (χ3n) is 2.04. The van der Waals surface area contributed by atoms with Gasteiger partial charge in [0.25, 0.3) is 0 Å². The predicted molar refractivity (Wildman–Crippen MR) is 66.8 cm³/mol. The highest BCUT2D eigenvalue weighted by atomic mass is 32.2. The number of hydroxylamine groups is 1. The molecule has 0 N–H and O–H groups in total. The van der Waals surface area contributed by atoms with E-state index in [4.69, 9.17) is 0 Å². The first kappa shape index (κ1) is 12.1. The van der Waals surface area contributed by atoms with Gasteiger partial charge >= 0.3 is 0 Å². The zero-order valence-corrected chi connectivity index (χ0v) is 10.5. The summed E-state index contributed by atoms with van der Waals surface area (Å²) in [5.41, 5.74) is 0.566. The smallest absolute Gasteiger partial charge is 0.182 e. The Morgan fingerprint density at radius 2 is 1.73 bits per heavy atom. The maximum absolute atomic E-state index is 11.6. The van der Waals surface area contributed by atoms with E-state index in [0.29, 0.717) is 0 Å². The molecule has 0 bridgehead atoms. The molecule has 2 nitrogen and oxygen atoms in total. The van der Waals surface area contributed by atoms with Gasteiger partial charge < -0.3 is 5.21 Å². The van der Waals surface area contributed by atoms with Crippen LogP contribution in [0.4, 0.5) is 0 Å². The van der Waals surface area contributed by atoms with Gasteiger partial charge in [0.1, 0.15) is 0 Å². The summed E-state index contributed by atoms with van der Waals surface area (Å²) in [5.74, 6) is 0. The van der Waals surface area contributed by atoms with Crippen LogP contribution in [0.1, 0.15) is 26.3 Å². The third kappa shape index (κ3) is 3.59. The first-order chi connectivity index (χ1) is 6.93. The Kier molecular flexibility index (Phi) is 3.80. The van der Waals surface area contributed by atoms with Gasteiger partial charge in [-0.3, -0.25) is 0 Å². The Morgan fingerprint density at radius 3 is 2.13 bits per heavy atom. The molecule has 0 spiro atoms. The van der Waals surface area contributed by atoms with Gasteiger partial charge in [0.05, 0.1) is 0 Å². The Labute approximate surface area is 95.6 Å². The molecule has 1 rings (SSSR count). The molecule has 0 saturated heterocycles. The quantitative estimate of drug-likeness (QED) is 0.253. The van der Waals surface area contributed by atoms with Gasteiger partial charge in [0.2, 0.25) is 0 Å². The van der Waals surface area contributed by atoms with E-state index < -0.39 is 0 Å². The summed E-state index contributed by atoms with van der Waals surface area (Å²) in [7, 11) is 0. The van der Waals surface area contributed by atoms with Crippen molar-refractivity contribution in [2.75, 3.05) is 6.26 Å². The van der Waals surface area contributed by atoms with Gasteiger partial charge in [0, 0.05) is 31.2 Å². The van der Waals surface area contributed by atoms with Gasteiger partial charge in [-0.15, -0.1) is 11.8 Å². The lowest BCUT2D eigenvalue weighted by Gasteiger charge is -2.18. The SMILES string of the molecule is CSc1ccc(/C=[N+](/[O-])C(C)(C)C)cc1. The molecule has 0 atom stereocenters. The van der Waals surface area contributed by atoms with E-state index >= 15 is 0 Å². The molecule has 82 valence electrons. The maximum Gasteiger partial charge on any atom is 0.182 e.